The quantitative estimate of drug-likeness (QED) is 0.538. The minimum absolute atomic E-state index is 0.0861. The van der Waals surface area contributed by atoms with Crippen molar-refractivity contribution in [3.8, 4) is 0 Å². The van der Waals surface area contributed by atoms with Gasteiger partial charge in [0.05, 0.1) is 35.9 Å². The molecule has 0 bridgehead atoms. The van der Waals surface area contributed by atoms with Crippen LogP contribution >= 0.6 is 23.2 Å². The van der Waals surface area contributed by atoms with Gasteiger partial charge in [0.2, 0.25) is 5.91 Å². The van der Waals surface area contributed by atoms with Gasteiger partial charge in [0, 0.05) is 17.6 Å². The van der Waals surface area contributed by atoms with Crippen LogP contribution in [0, 0.1) is 5.92 Å². The SMILES string of the molecule is CC(C)C[C@H](NC(=O)CNC(=O)c1cc(Cl)ccc1Cl)B1OC(=O)CCN(C)C(C)CC(=O)O1. The predicted molar refractivity (Wildman–Crippen MR) is 129 cm³/mol. The van der Waals surface area contributed by atoms with E-state index in [1.165, 1.54) is 12.1 Å². The molecule has 9 nitrogen and oxygen atoms in total. The number of amides is 2. The molecule has 34 heavy (non-hydrogen) atoms. The molecule has 1 saturated heterocycles. The number of nitrogens with zero attached hydrogens (tertiary/aromatic N) is 1. The molecule has 12 heteroatoms. The highest BCUT2D eigenvalue weighted by atomic mass is 35.5. The summed E-state index contributed by atoms with van der Waals surface area (Å²) in [5, 5.41) is 5.73. The predicted octanol–water partition coefficient (Wildman–Crippen LogP) is 2.48. The number of carbonyl (C=O) groups excluding carboxylic acids is 4. The second-order valence-corrected chi connectivity index (χ2v) is 9.59. The number of nitrogens with one attached hydrogen (secondary N) is 2. The molecule has 1 aliphatic heterocycles. The molecule has 1 heterocycles. The van der Waals surface area contributed by atoms with E-state index in [0.717, 1.165) is 0 Å². The molecule has 1 aliphatic rings. The van der Waals surface area contributed by atoms with E-state index >= 15 is 0 Å². The molecule has 2 N–H and O–H groups in total. The Morgan fingerprint density at radius 2 is 1.88 bits per heavy atom. The van der Waals surface area contributed by atoms with Crippen molar-refractivity contribution >= 4 is 54.1 Å². The minimum Gasteiger partial charge on any atom is -0.498 e. The van der Waals surface area contributed by atoms with Crippen molar-refractivity contribution in [1.29, 1.82) is 0 Å². The average Bonchev–Trinajstić information content (AvgIpc) is 2.75. The molecule has 1 unspecified atom stereocenters. The van der Waals surface area contributed by atoms with E-state index in [0.29, 0.717) is 18.0 Å². The van der Waals surface area contributed by atoms with Gasteiger partial charge < -0.3 is 24.8 Å². The van der Waals surface area contributed by atoms with E-state index < -0.39 is 36.8 Å². The van der Waals surface area contributed by atoms with Crippen molar-refractivity contribution in [3.05, 3.63) is 33.8 Å². The summed E-state index contributed by atoms with van der Waals surface area (Å²) in [5.74, 6) is -2.90. The average molecular weight is 514 g/mol. The van der Waals surface area contributed by atoms with E-state index in [1.807, 2.05) is 32.7 Å². The van der Waals surface area contributed by atoms with Gasteiger partial charge in [-0.25, -0.2) is 0 Å². The van der Waals surface area contributed by atoms with Crippen LogP contribution in [-0.4, -0.2) is 67.9 Å². The Balaban J connectivity index is 2.08. The molecule has 2 rings (SSSR count). The summed E-state index contributed by atoms with van der Waals surface area (Å²) in [5.41, 5.74) is 0.134. The number of hydrogen-bond acceptors (Lipinski definition) is 7. The molecule has 1 fully saturated rings. The van der Waals surface area contributed by atoms with Crippen LogP contribution in [0.15, 0.2) is 18.2 Å². The lowest BCUT2D eigenvalue weighted by Gasteiger charge is -2.29. The number of rotatable bonds is 7. The summed E-state index contributed by atoms with van der Waals surface area (Å²) >= 11 is 11.9. The molecule has 0 aromatic heterocycles. The first-order valence-electron chi connectivity index (χ1n) is 11.1. The zero-order chi connectivity index (χ0) is 25.4. The Morgan fingerprint density at radius 1 is 1.21 bits per heavy atom. The third-order valence-electron chi connectivity index (χ3n) is 5.36. The van der Waals surface area contributed by atoms with Gasteiger partial charge in [-0.3, -0.25) is 19.2 Å². The zero-order valence-corrected chi connectivity index (χ0v) is 21.2. The largest absolute Gasteiger partial charge is 0.622 e. The third kappa shape index (κ3) is 8.81. The third-order valence-corrected chi connectivity index (χ3v) is 5.93. The molecule has 0 radical (unpaired) electrons. The number of hydrogen-bond donors (Lipinski definition) is 2. The van der Waals surface area contributed by atoms with Gasteiger partial charge in [-0.1, -0.05) is 37.0 Å². The minimum atomic E-state index is -1.28. The highest BCUT2D eigenvalue weighted by Crippen LogP contribution is 2.20. The van der Waals surface area contributed by atoms with Gasteiger partial charge in [-0.15, -0.1) is 0 Å². The second-order valence-electron chi connectivity index (χ2n) is 8.74. The molecule has 1 aromatic rings. The topological polar surface area (TPSA) is 114 Å². The van der Waals surface area contributed by atoms with Crippen LogP contribution in [-0.2, 0) is 23.7 Å². The molecular formula is C22H30BCl2N3O6. The van der Waals surface area contributed by atoms with Crippen LogP contribution in [0.25, 0.3) is 0 Å². The Hall–Kier alpha value is -2.30. The van der Waals surface area contributed by atoms with E-state index in [2.05, 4.69) is 10.6 Å². The molecule has 0 saturated carbocycles. The molecule has 1 aromatic carbocycles. The van der Waals surface area contributed by atoms with Gasteiger partial charge in [0.1, 0.15) is 0 Å². The van der Waals surface area contributed by atoms with Crippen LogP contribution in [0.5, 0.6) is 0 Å². The fraction of sp³-hybridized carbons (Fsp3) is 0.545. The molecular weight excluding hydrogens is 484 g/mol. The summed E-state index contributed by atoms with van der Waals surface area (Å²) in [6, 6.07) is 4.31. The normalized spacial score (nSPS) is 18.7. The highest BCUT2D eigenvalue weighted by molar-refractivity contribution is 6.51. The standard InChI is InChI=1S/C22H30BCl2N3O6/c1-13(2)9-18(23-33-20(30)7-8-28(4)14(3)10-21(31)34-23)27-19(29)12-26-22(32)16-11-15(24)5-6-17(16)25/h5-6,11,13-14,18H,7-10,12H2,1-4H3,(H,26,32)(H,27,29)/t14?,18-/m0/s1. The van der Waals surface area contributed by atoms with Crippen LogP contribution in [0.2, 0.25) is 10.0 Å². The van der Waals surface area contributed by atoms with Crippen molar-refractivity contribution in [2.75, 3.05) is 20.1 Å². The van der Waals surface area contributed by atoms with Crippen LogP contribution < -0.4 is 10.6 Å². The Kier molecular flexibility index (Phi) is 10.7. The van der Waals surface area contributed by atoms with Gasteiger partial charge >= 0.3 is 7.12 Å². The number of halogens is 2. The maximum absolute atomic E-state index is 12.6. The highest BCUT2D eigenvalue weighted by Gasteiger charge is 2.40. The van der Waals surface area contributed by atoms with Gasteiger partial charge in [-0.05, 0) is 44.5 Å². The van der Waals surface area contributed by atoms with E-state index in [9.17, 15) is 19.2 Å². The van der Waals surface area contributed by atoms with E-state index in [1.54, 1.807) is 6.07 Å². The molecule has 2 amide bonds. The molecule has 186 valence electrons. The van der Waals surface area contributed by atoms with Crippen molar-refractivity contribution in [2.45, 2.75) is 52.0 Å². The lowest BCUT2D eigenvalue weighted by Crippen LogP contribution is -2.54. The lowest BCUT2D eigenvalue weighted by molar-refractivity contribution is -0.143. The summed E-state index contributed by atoms with van der Waals surface area (Å²) < 4.78 is 10.9. The fourth-order valence-electron chi connectivity index (χ4n) is 3.37. The second kappa shape index (κ2) is 13.0. The first kappa shape index (κ1) is 27.9. The Morgan fingerprint density at radius 3 is 2.56 bits per heavy atom. The zero-order valence-electron chi connectivity index (χ0n) is 19.7. The van der Waals surface area contributed by atoms with Gasteiger partial charge in [0.15, 0.2) is 0 Å². The maximum atomic E-state index is 12.6. The molecule has 0 aliphatic carbocycles. The van der Waals surface area contributed by atoms with Crippen molar-refractivity contribution in [3.63, 3.8) is 0 Å². The molecule has 2 atom stereocenters. The lowest BCUT2D eigenvalue weighted by atomic mass is 9.73. The van der Waals surface area contributed by atoms with Crippen molar-refractivity contribution in [2.24, 2.45) is 5.92 Å². The van der Waals surface area contributed by atoms with E-state index in [4.69, 9.17) is 32.5 Å². The fourth-order valence-corrected chi connectivity index (χ4v) is 3.75. The first-order chi connectivity index (χ1) is 16.0. The summed E-state index contributed by atoms with van der Waals surface area (Å²) in [7, 11) is 0.539. The Labute approximate surface area is 209 Å². The van der Waals surface area contributed by atoms with Crippen LogP contribution in [0.1, 0.15) is 50.4 Å². The number of carbonyl (C=O) groups is 4. The van der Waals surface area contributed by atoms with Crippen LogP contribution in [0.3, 0.4) is 0 Å². The summed E-state index contributed by atoms with van der Waals surface area (Å²) in [6.07, 6.45) is 0.609. The van der Waals surface area contributed by atoms with Crippen molar-refractivity contribution < 1.29 is 28.5 Å². The first-order valence-corrected chi connectivity index (χ1v) is 11.8. The summed E-state index contributed by atoms with van der Waals surface area (Å²) in [6.45, 7) is 5.77. The smallest absolute Gasteiger partial charge is 0.498 e. The maximum Gasteiger partial charge on any atom is 0.622 e. The Bertz CT molecular complexity index is 917. The van der Waals surface area contributed by atoms with Gasteiger partial charge in [-0.2, -0.15) is 0 Å². The monoisotopic (exact) mass is 513 g/mol. The van der Waals surface area contributed by atoms with Crippen LogP contribution in [0.4, 0.5) is 0 Å². The summed E-state index contributed by atoms with van der Waals surface area (Å²) in [4.78, 5) is 51.7. The number of benzene rings is 1. The van der Waals surface area contributed by atoms with Gasteiger partial charge in [0.25, 0.3) is 17.8 Å². The molecule has 0 spiro atoms. The van der Waals surface area contributed by atoms with Crippen molar-refractivity contribution in [1.82, 2.24) is 15.5 Å². The van der Waals surface area contributed by atoms with E-state index in [-0.39, 0.29) is 41.9 Å².